The van der Waals surface area contributed by atoms with Crippen molar-refractivity contribution in [2.45, 2.75) is 39.2 Å². The fraction of sp³-hybridized carbons (Fsp3) is 1.00. The van der Waals surface area contributed by atoms with Crippen LogP contribution in [-0.2, 0) is 0 Å². The predicted octanol–water partition coefficient (Wildman–Crippen LogP) is 1.13. The summed E-state index contributed by atoms with van der Waals surface area (Å²) in [5.41, 5.74) is 5.58. The molecule has 0 rings (SSSR count). The molecule has 2 heteroatoms. The van der Waals surface area contributed by atoms with Crippen LogP contribution in [0.25, 0.3) is 0 Å². The van der Waals surface area contributed by atoms with Gasteiger partial charge in [0, 0.05) is 6.04 Å². The predicted molar refractivity (Wildman–Crippen MR) is 43.8 cm³/mol. The third-order valence-electron chi connectivity index (χ3n) is 2.03. The zero-order chi connectivity index (χ0) is 7.98. The van der Waals surface area contributed by atoms with E-state index in [-0.39, 0.29) is 12.6 Å². The molecular formula is C8H19NO. The van der Waals surface area contributed by atoms with Gasteiger partial charge >= 0.3 is 0 Å². The SMILES string of the molecule is CCC(CC)CC(N)CO. The van der Waals surface area contributed by atoms with Crippen molar-refractivity contribution in [3.05, 3.63) is 0 Å². The van der Waals surface area contributed by atoms with Gasteiger partial charge in [0.2, 0.25) is 0 Å². The van der Waals surface area contributed by atoms with Gasteiger partial charge < -0.3 is 10.8 Å². The van der Waals surface area contributed by atoms with Crippen LogP contribution < -0.4 is 5.73 Å². The molecule has 1 unspecified atom stereocenters. The van der Waals surface area contributed by atoms with E-state index < -0.39 is 0 Å². The molecule has 0 aromatic carbocycles. The zero-order valence-corrected chi connectivity index (χ0v) is 7.01. The maximum Gasteiger partial charge on any atom is 0.0582 e. The van der Waals surface area contributed by atoms with Crippen molar-refractivity contribution in [3.8, 4) is 0 Å². The topological polar surface area (TPSA) is 46.2 Å². The summed E-state index contributed by atoms with van der Waals surface area (Å²) in [6.45, 7) is 4.45. The van der Waals surface area contributed by atoms with Crippen molar-refractivity contribution in [1.82, 2.24) is 0 Å². The van der Waals surface area contributed by atoms with Gasteiger partial charge in [0.25, 0.3) is 0 Å². The molecule has 3 N–H and O–H groups in total. The minimum Gasteiger partial charge on any atom is -0.395 e. The van der Waals surface area contributed by atoms with E-state index in [2.05, 4.69) is 13.8 Å². The van der Waals surface area contributed by atoms with Crippen LogP contribution >= 0.6 is 0 Å². The Morgan fingerprint density at radius 2 is 1.80 bits per heavy atom. The summed E-state index contributed by atoms with van der Waals surface area (Å²) >= 11 is 0. The van der Waals surface area contributed by atoms with E-state index in [4.69, 9.17) is 10.8 Å². The molecule has 0 aliphatic heterocycles. The lowest BCUT2D eigenvalue weighted by Gasteiger charge is -2.15. The molecule has 0 heterocycles. The van der Waals surface area contributed by atoms with Crippen LogP contribution in [0.3, 0.4) is 0 Å². The van der Waals surface area contributed by atoms with Gasteiger partial charge in [-0.15, -0.1) is 0 Å². The Kier molecular flexibility index (Phi) is 5.64. The van der Waals surface area contributed by atoms with Crippen LogP contribution in [0.15, 0.2) is 0 Å². The maximum atomic E-state index is 8.65. The molecule has 0 radical (unpaired) electrons. The molecule has 0 amide bonds. The van der Waals surface area contributed by atoms with Crippen LogP contribution in [0, 0.1) is 5.92 Å². The van der Waals surface area contributed by atoms with Crippen molar-refractivity contribution < 1.29 is 5.11 Å². The van der Waals surface area contributed by atoms with Gasteiger partial charge in [0.1, 0.15) is 0 Å². The fourth-order valence-corrected chi connectivity index (χ4v) is 1.12. The van der Waals surface area contributed by atoms with Crippen molar-refractivity contribution in [2.24, 2.45) is 11.7 Å². The largest absolute Gasteiger partial charge is 0.395 e. The second-order valence-corrected chi connectivity index (χ2v) is 2.86. The van der Waals surface area contributed by atoms with Gasteiger partial charge in [-0.2, -0.15) is 0 Å². The third-order valence-corrected chi connectivity index (χ3v) is 2.03. The van der Waals surface area contributed by atoms with Gasteiger partial charge in [-0.1, -0.05) is 26.7 Å². The van der Waals surface area contributed by atoms with E-state index in [1.807, 2.05) is 0 Å². The number of aliphatic hydroxyl groups excluding tert-OH is 1. The van der Waals surface area contributed by atoms with Gasteiger partial charge in [0.15, 0.2) is 0 Å². The monoisotopic (exact) mass is 145 g/mol. The maximum absolute atomic E-state index is 8.65. The van der Waals surface area contributed by atoms with Crippen LogP contribution in [0.2, 0.25) is 0 Å². The molecule has 10 heavy (non-hydrogen) atoms. The molecule has 0 aromatic rings. The molecule has 0 aromatic heterocycles. The number of nitrogens with two attached hydrogens (primary N) is 1. The Morgan fingerprint density at radius 3 is 2.10 bits per heavy atom. The van der Waals surface area contributed by atoms with E-state index in [1.54, 1.807) is 0 Å². The van der Waals surface area contributed by atoms with Crippen molar-refractivity contribution >= 4 is 0 Å². The number of hydrogen-bond donors (Lipinski definition) is 2. The summed E-state index contributed by atoms with van der Waals surface area (Å²) in [5.74, 6) is 0.696. The zero-order valence-electron chi connectivity index (χ0n) is 7.01. The molecule has 62 valence electrons. The van der Waals surface area contributed by atoms with E-state index in [9.17, 15) is 0 Å². The van der Waals surface area contributed by atoms with Gasteiger partial charge in [-0.05, 0) is 12.3 Å². The Bertz CT molecular complexity index is 71.7. The lowest BCUT2D eigenvalue weighted by atomic mass is 9.96. The summed E-state index contributed by atoms with van der Waals surface area (Å²) in [5, 5.41) is 8.65. The average Bonchev–Trinajstić information content (AvgIpc) is 1.99. The van der Waals surface area contributed by atoms with Crippen molar-refractivity contribution in [3.63, 3.8) is 0 Å². The van der Waals surface area contributed by atoms with Gasteiger partial charge in [-0.3, -0.25) is 0 Å². The molecular weight excluding hydrogens is 126 g/mol. The summed E-state index contributed by atoms with van der Waals surface area (Å²) in [6, 6.07) is -0.00935. The molecule has 2 nitrogen and oxygen atoms in total. The highest BCUT2D eigenvalue weighted by atomic mass is 16.3. The van der Waals surface area contributed by atoms with Crippen LogP contribution in [0.4, 0.5) is 0 Å². The molecule has 0 saturated carbocycles. The molecule has 1 atom stereocenters. The van der Waals surface area contributed by atoms with Crippen LogP contribution in [0.5, 0.6) is 0 Å². The Labute approximate surface area is 63.4 Å². The van der Waals surface area contributed by atoms with Gasteiger partial charge in [-0.25, -0.2) is 0 Å². The summed E-state index contributed by atoms with van der Waals surface area (Å²) in [4.78, 5) is 0. The minimum absolute atomic E-state index is 0.00935. The second kappa shape index (κ2) is 5.69. The lowest BCUT2D eigenvalue weighted by Crippen LogP contribution is -2.27. The molecule has 0 bridgehead atoms. The van der Waals surface area contributed by atoms with E-state index >= 15 is 0 Å². The highest BCUT2D eigenvalue weighted by molar-refractivity contribution is 4.64. The average molecular weight is 145 g/mol. The second-order valence-electron chi connectivity index (χ2n) is 2.86. The third kappa shape index (κ3) is 3.85. The summed E-state index contributed by atoms with van der Waals surface area (Å²) < 4.78 is 0. The number of aliphatic hydroxyl groups is 1. The smallest absolute Gasteiger partial charge is 0.0582 e. The van der Waals surface area contributed by atoms with E-state index in [0.717, 1.165) is 6.42 Å². The van der Waals surface area contributed by atoms with Crippen LogP contribution in [0.1, 0.15) is 33.1 Å². The van der Waals surface area contributed by atoms with Gasteiger partial charge in [0.05, 0.1) is 6.61 Å². The van der Waals surface area contributed by atoms with Crippen LogP contribution in [-0.4, -0.2) is 17.8 Å². The number of rotatable bonds is 5. The highest BCUT2D eigenvalue weighted by Gasteiger charge is 2.08. The van der Waals surface area contributed by atoms with E-state index in [0.29, 0.717) is 5.92 Å². The first-order valence-electron chi connectivity index (χ1n) is 4.11. The quantitative estimate of drug-likeness (QED) is 0.609. The molecule has 0 aliphatic rings. The number of hydrogen-bond acceptors (Lipinski definition) is 2. The summed E-state index contributed by atoms with van der Waals surface area (Å²) in [6.07, 6.45) is 3.30. The van der Waals surface area contributed by atoms with E-state index in [1.165, 1.54) is 12.8 Å². The minimum atomic E-state index is -0.00935. The van der Waals surface area contributed by atoms with Crippen molar-refractivity contribution in [1.29, 1.82) is 0 Å². The lowest BCUT2D eigenvalue weighted by molar-refractivity contribution is 0.241. The molecule has 0 aliphatic carbocycles. The summed E-state index contributed by atoms with van der Waals surface area (Å²) in [7, 11) is 0. The molecule has 0 fully saturated rings. The first-order chi connectivity index (χ1) is 4.74. The Morgan fingerprint density at radius 1 is 1.30 bits per heavy atom. The Balaban J connectivity index is 3.41. The fourth-order valence-electron chi connectivity index (χ4n) is 1.12. The Hall–Kier alpha value is -0.0800. The molecule has 0 saturated heterocycles. The van der Waals surface area contributed by atoms with Crippen molar-refractivity contribution in [2.75, 3.05) is 6.61 Å². The standard InChI is InChI=1S/C8H19NO/c1-3-7(4-2)5-8(9)6-10/h7-8,10H,3-6,9H2,1-2H3. The first kappa shape index (κ1) is 9.92. The highest BCUT2D eigenvalue weighted by Crippen LogP contribution is 2.13. The molecule has 0 spiro atoms. The normalized spacial score (nSPS) is 14.1. The first-order valence-corrected chi connectivity index (χ1v) is 4.11.